The summed E-state index contributed by atoms with van der Waals surface area (Å²) in [5, 5.41) is 11.9. The number of ether oxygens (including phenoxy) is 2. The van der Waals surface area contributed by atoms with Crippen LogP contribution in [0.5, 0.6) is 0 Å². The van der Waals surface area contributed by atoms with Gasteiger partial charge in [-0.1, -0.05) is 12.7 Å². The molecule has 0 spiro atoms. The lowest BCUT2D eigenvalue weighted by Gasteiger charge is -2.20. The molecule has 1 rings (SSSR count). The fourth-order valence-corrected chi connectivity index (χ4v) is 2.12. The first-order valence-corrected chi connectivity index (χ1v) is 7.67. The highest BCUT2D eigenvalue weighted by Gasteiger charge is 2.20. The first-order valence-electron chi connectivity index (χ1n) is 7.67. The Morgan fingerprint density at radius 2 is 1.92 bits per heavy atom. The number of amides is 1. The summed E-state index contributed by atoms with van der Waals surface area (Å²) >= 11 is 0. The van der Waals surface area contributed by atoms with E-state index in [0.29, 0.717) is 5.56 Å². The Kier molecular flexibility index (Phi) is 6.73. The van der Waals surface area contributed by atoms with Crippen LogP contribution in [0.1, 0.15) is 52.6 Å². The van der Waals surface area contributed by atoms with E-state index in [1.165, 1.54) is 18.2 Å². The maximum absolute atomic E-state index is 12.0. The Balaban J connectivity index is 3.07. The molecule has 0 fully saturated rings. The fraction of sp³-hybridized carbons (Fsp3) is 0.389. The summed E-state index contributed by atoms with van der Waals surface area (Å²) < 4.78 is 10.1. The Hall–Kier alpha value is -2.83. The lowest BCUT2D eigenvalue weighted by Crippen LogP contribution is -2.32. The summed E-state index contributed by atoms with van der Waals surface area (Å²) in [6.45, 7) is 10.1. The Labute approximate surface area is 146 Å². The zero-order valence-electron chi connectivity index (χ0n) is 14.8. The van der Waals surface area contributed by atoms with Gasteiger partial charge in [0.1, 0.15) is 12.2 Å². The highest BCUT2D eigenvalue weighted by atomic mass is 16.6. The molecular weight excluding hydrogens is 326 g/mol. The monoisotopic (exact) mass is 349 g/mol. The van der Waals surface area contributed by atoms with E-state index in [9.17, 15) is 19.5 Å². The number of carbonyl (C=O) groups excluding carboxylic acids is 2. The molecule has 1 amide bonds. The van der Waals surface area contributed by atoms with Gasteiger partial charge in [0.05, 0.1) is 11.1 Å². The second-order valence-corrected chi connectivity index (χ2v) is 6.38. The van der Waals surface area contributed by atoms with Gasteiger partial charge in [0, 0.05) is 6.54 Å². The summed E-state index contributed by atoms with van der Waals surface area (Å²) in [5.74, 6) is -1.75. The molecule has 0 unspecified atom stereocenters. The number of hydrogen-bond acceptors (Lipinski definition) is 5. The molecule has 0 aromatic heterocycles. The first kappa shape index (κ1) is 20.2. The lowest BCUT2D eigenvalue weighted by atomic mass is 9.98. The number of nitrogens with one attached hydrogen (secondary N) is 1. The van der Waals surface area contributed by atoms with E-state index >= 15 is 0 Å². The number of hydrogen-bond donors (Lipinski definition) is 2. The number of alkyl carbamates (subject to hydrolysis) is 1. The summed E-state index contributed by atoms with van der Waals surface area (Å²) in [7, 11) is 0. The van der Waals surface area contributed by atoms with Crippen molar-refractivity contribution in [1.29, 1.82) is 0 Å². The quantitative estimate of drug-likeness (QED) is 0.604. The highest BCUT2D eigenvalue weighted by molar-refractivity contribution is 5.95. The number of aromatic carboxylic acids is 1. The Bertz CT molecular complexity index is 688. The van der Waals surface area contributed by atoms with Crippen molar-refractivity contribution >= 4 is 18.0 Å². The van der Waals surface area contributed by atoms with Crippen LogP contribution in [-0.2, 0) is 16.0 Å². The SMILES string of the molecule is C=CCOC(=O)c1cc(C)c(C(=O)O)c(CNC(=O)OC(C)(C)C)c1. The molecule has 0 saturated heterocycles. The zero-order valence-corrected chi connectivity index (χ0v) is 14.8. The van der Waals surface area contributed by atoms with E-state index < -0.39 is 23.6 Å². The van der Waals surface area contributed by atoms with Gasteiger partial charge in [-0.15, -0.1) is 0 Å². The zero-order chi connectivity index (χ0) is 19.2. The summed E-state index contributed by atoms with van der Waals surface area (Å²) in [6.07, 6.45) is 0.752. The minimum Gasteiger partial charge on any atom is -0.478 e. The minimum absolute atomic E-state index is 0.0244. The van der Waals surface area contributed by atoms with Gasteiger partial charge in [-0.2, -0.15) is 0 Å². The maximum Gasteiger partial charge on any atom is 0.407 e. The molecule has 1 aromatic rings. The van der Waals surface area contributed by atoms with Crippen molar-refractivity contribution < 1.29 is 29.0 Å². The number of carboxylic acids is 1. The molecule has 0 saturated carbocycles. The van der Waals surface area contributed by atoms with E-state index in [2.05, 4.69) is 11.9 Å². The van der Waals surface area contributed by atoms with Crippen LogP contribution >= 0.6 is 0 Å². The molecule has 0 aliphatic rings. The molecule has 2 N–H and O–H groups in total. The topological polar surface area (TPSA) is 102 Å². The number of esters is 1. The molecule has 25 heavy (non-hydrogen) atoms. The largest absolute Gasteiger partial charge is 0.478 e. The van der Waals surface area contributed by atoms with Crippen molar-refractivity contribution in [2.45, 2.75) is 39.8 Å². The van der Waals surface area contributed by atoms with Gasteiger partial charge < -0.3 is 19.9 Å². The van der Waals surface area contributed by atoms with Crippen molar-refractivity contribution in [1.82, 2.24) is 5.32 Å². The van der Waals surface area contributed by atoms with Crippen LogP contribution in [-0.4, -0.2) is 35.3 Å². The average Bonchev–Trinajstić information content (AvgIpc) is 2.47. The molecule has 0 aliphatic carbocycles. The molecule has 1 aromatic carbocycles. The predicted octanol–water partition coefficient (Wildman–Crippen LogP) is 3.06. The lowest BCUT2D eigenvalue weighted by molar-refractivity contribution is 0.0520. The molecule has 0 aliphatic heterocycles. The van der Waals surface area contributed by atoms with Crippen molar-refractivity contribution in [2.75, 3.05) is 6.61 Å². The summed E-state index contributed by atoms with van der Waals surface area (Å²) in [5.41, 5.74) is 0.221. The van der Waals surface area contributed by atoms with Gasteiger partial charge in [-0.05, 0) is 51.0 Å². The number of benzene rings is 1. The maximum atomic E-state index is 12.0. The molecule has 0 heterocycles. The van der Waals surface area contributed by atoms with Gasteiger partial charge in [0.15, 0.2) is 0 Å². The third-order valence-electron chi connectivity index (χ3n) is 3.02. The second kappa shape index (κ2) is 8.32. The number of aryl methyl sites for hydroxylation is 1. The van der Waals surface area contributed by atoms with Crippen LogP contribution in [0.25, 0.3) is 0 Å². The van der Waals surface area contributed by atoms with E-state index in [0.717, 1.165) is 0 Å². The smallest absolute Gasteiger partial charge is 0.407 e. The van der Waals surface area contributed by atoms with Crippen molar-refractivity contribution in [2.24, 2.45) is 0 Å². The number of rotatable bonds is 6. The van der Waals surface area contributed by atoms with E-state index in [1.807, 2.05) is 0 Å². The van der Waals surface area contributed by atoms with Crippen molar-refractivity contribution in [3.8, 4) is 0 Å². The standard InChI is InChI=1S/C18H23NO6/c1-6-7-24-16(22)12-8-11(2)14(15(20)21)13(9-12)10-19-17(23)25-18(3,4)5/h6,8-9H,1,7,10H2,2-5H3,(H,19,23)(H,20,21). The molecule has 136 valence electrons. The molecule has 0 atom stereocenters. The van der Waals surface area contributed by atoms with Gasteiger partial charge >= 0.3 is 18.0 Å². The Morgan fingerprint density at radius 3 is 2.44 bits per heavy atom. The molecule has 7 nitrogen and oxygen atoms in total. The van der Waals surface area contributed by atoms with Crippen molar-refractivity contribution in [3.63, 3.8) is 0 Å². The predicted molar refractivity (Wildman–Crippen MR) is 91.7 cm³/mol. The van der Waals surface area contributed by atoms with Gasteiger partial charge in [-0.25, -0.2) is 14.4 Å². The van der Waals surface area contributed by atoms with Crippen LogP contribution in [0, 0.1) is 6.92 Å². The van der Waals surface area contributed by atoms with Crippen molar-refractivity contribution in [3.05, 3.63) is 47.0 Å². The minimum atomic E-state index is -1.15. The molecule has 7 heteroatoms. The average molecular weight is 349 g/mol. The molecule has 0 radical (unpaired) electrons. The normalized spacial score (nSPS) is 10.7. The summed E-state index contributed by atoms with van der Waals surface area (Å²) in [6, 6.07) is 2.82. The van der Waals surface area contributed by atoms with Crippen LogP contribution in [0.4, 0.5) is 4.79 Å². The first-order chi connectivity index (χ1) is 11.5. The van der Waals surface area contributed by atoms with Gasteiger partial charge in [0.2, 0.25) is 0 Å². The second-order valence-electron chi connectivity index (χ2n) is 6.38. The van der Waals surface area contributed by atoms with Crippen LogP contribution in [0.15, 0.2) is 24.8 Å². The van der Waals surface area contributed by atoms with Crippen LogP contribution in [0.2, 0.25) is 0 Å². The fourth-order valence-electron chi connectivity index (χ4n) is 2.12. The molecular formula is C18H23NO6. The van der Waals surface area contributed by atoms with E-state index in [4.69, 9.17) is 9.47 Å². The van der Waals surface area contributed by atoms with E-state index in [1.54, 1.807) is 27.7 Å². The van der Waals surface area contributed by atoms with Gasteiger partial charge in [0.25, 0.3) is 0 Å². The van der Waals surface area contributed by atoms with Gasteiger partial charge in [-0.3, -0.25) is 0 Å². The number of carbonyl (C=O) groups is 3. The number of carboxylic acid groups (broad SMARTS) is 1. The van der Waals surface area contributed by atoms with Crippen LogP contribution in [0.3, 0.4) is 0 Å². The highest BCUT2D eigenvalue weighted by Crippen LogP contribution is 2.19. The summed E-state index contributed by atoms with van der Waals surface area (Å²) in [4.78, 5) is 35.3. The Morgan fingerprint density at radius 1 is 1.28 bits per heavy atom. The third-order valence-corrected chi connectivity index (χ3v) is 3.02. The van der Waals surface area contributed by atoms with E-state index in [-0.39, 0.29) is 29.8 Å². The molecule has 0 bridgehead atoms. The van der Waals surface area contributed by atoms with Crippen LogP contribution < -0.4 is 5.32 Å². The third kappa shape index (κ3) is 6.29.